The van der Waals surface area contributed by atoms with E-state index in [-0.39, 0.29) is 45.3 Å². The Hall–Kier alpha value is -3.84. The van der Waals surface area contributed by atoms with Crippen molar-refractivity contribution in [2.75, 3.05) is 18.2 Å². The highest BCUT2D eigenvalue weighted by molar-refractivity contribution is 7.91. The first-order valence-corrected chi connectivity index (χ1v) is 13.2. The fourth-order valence-electron chi connectivity index (χ4n) is 4.03. The van der Waals surface area contributed by atoms with Gasteiger partial charge < -0.3 is 14.9 Å². The molecule has 0 aliphatic rings. The number of anilines is 1. The van der Waals surface area contributed by atoms with Crippen molar-refractivity contribution >= 4 is 21.4 Å². The van der Waals surface area contributed by atoms with Crippen LogP contribution in [0.3, 0.4) is 0 Å². The first kappa shape index (κ1) is 28.7. The summed E-state index contributed by atoms with van der Waals surface area (Å²) in [6.07, 6.45) is -4.58. The van der Waals surface area contributed by atoms with Gasteiger partial charge in [0.25, 0.3) is 5.91 Å². The Balaban J connectivity index is 1.94. The van der Waals surface area contributed by atoms with E-state index in [0.717, 1.165) is 6.07 Å². The van der Waals surface area contributed by atoms with Crippen molar-refractivity contribution in [3.05, 3.63) is 88.8 Å². The van der Waals surface area contributed by atoms with Crippen LogP contribution in [0, 0.1) is 12.0 Å². The second-order valence-electron chi connectivity index (χ2n) is 9.87. The fraction of sp³-hybridized carbons (Fsp3) is 0.286. The zero-order valence-corrected chi connectivity index (χ0v) is 22.1. The minimum Gasteiger partial charge on any atom is -0.495 e. The van der Waals surface area contributed by atoms with E-state index in [4.69, 9.17) is 11.3 Å². The molecule has 0 unspecified atom stereocenters. The van der Waals surface area contributed by atoms with Gasteiger partial charge in [-0.05, 0) is 52.9 Å². The summed E-state index contributed by atoms with van der Waals surface area (Å²) in [6.45, 7) is 12.4. The number of ether oxygens (including phenoxy) is 1. The predicted molar refractivity (Wildman–Crippen MR) is 140 cm³/mol. The van der Waals surface area contributed by atoms with E-state index in [9.17, 15) is 26.4 Å². The quantitative estimate of drug-likeness (QED) is 0.329. The Kier molecular flexibility index (Phi) is 8.22. The zero-order chi connectivity index (χ0) is 28.3. The molecular weight excluding hydrogens is 517 g/mol. The molecule has 3 aromatic rings. The van der Waals surface area contributed by atoms with E-state index >= 15 is 0 Å². The highest BCUT2D eigenvalue weighted by Crippen LogP contribution is 2.39. The van der Waals surface area contributed by atoms with Crippen LogP contribution in [-0.2, 0) is 22.6 Å². The highest BCUT2D eigenvalue weighted by atomic mass is 32.2. The smallest absolute Gasteiger partial charge is 0.417 e. The number of hydrogen-bond donors (Lipinski definition) is 1. The van der Waals surface area contributed by atoms with Gasteiger partial charge in [0.15, 0.2) is 9.84 Å². The van der Waals surface area contributed by atoms with Crippen LogP contribution in [0.15, 0.2) is 65.6 Å². The van der Waals surface area contributed by atoms with Gasteiger partial charge in [0, 0.05) is 16.8 Å². The van der Waals surface area contributed by atoms with Crippen molar-refractivity contribution in [3.8, 4) is 16.9 Å². The van der Waals surface area contributed by atoms with E-state index in [0.29, 0.717) is 5.56 Å². The van der Waals surface area contributed by atoms with Crippen molar-refractivity contribution in [2.45, 2.75) is 38.4 Å². The summed E-state index contributed by atoms with van der Waals surface area (Å²) >= 11 is 0. The number of methoxy groups -OCH3 is 1. The maximum absolute atomic E-state index is 13.6. The van der Waals surface area contributed by atoms with Crippen molar-refractivity contribution in [1.29, 1.82) is 0 Å². The van der Waals surface area contributed by atoms with E-state index in [2.05, 4.69) is 10.2 Å². The molecule has 0 heterocycles. The lowest BCUT2D eigenvalue weighted by atomic mass is 9.94. The molecule has 0 spiro atoms. The van der Waals surface area contributed by atoms with Crippen molar-refractivity contribution < 1.29 is 31.1 Å². The van der Waals surface area contributed by atoms with Gasteiger partial charge in [-0.1, -0.05) is 45.0 Å². The summed E-state index contributed by atoms with van der Waals surface area (Å²) in [4.78, 5) is 16.3. The monoisotopic (exact) mass is 544 g/mol. The standard InChI is InChI=1S/C28H27F3N2O4S/c1-27(2,3)17-38(35,36)25-13-10-18(15-24(25)37-5)26(34)33-20-11-12-21(19(14-20)16-32-4)22-8-6-7-9-23(22)28(29,30)31/h6-15H,16-17H2,1-3,5H3,(H,33,34). The van der Waals surface area contributed by atoms with Crippen molar-refractivity contribution in [2.24, 2.45) is 5.41 Å². The van der Waals surface area contributed by atoms with Gasteiger partial charge in [-0.25, -0.2) is 15.0 Å². The predicted octanol–water partition coefficient (Wildman–Crippen LogP) is 6.87. The summed E-state index contributed by atoms with van der Waals surface area (Å²) in [5.74, 6) is -0.676. The minimum atomic E-state index is -4.58. The molecule has 3 rings (SSSR count). The maximum Gasteiger partial charge on any atom is 0.417 e. The number of nitrogens with one attached hydrogen (secondary N) is 1. The molecule has 10 heteroatoms. The molecule has 0 fully saturated rings. The van der Waals surface area contributed by atoms with Crippen molar-refractivity contribution in [1.82, 2.24) is 0 Å². The molecule has 38 heavy (non-hydrogen) atoms. The number of alkyl halides is 3. The molecule has 200 valence electrons. The molecule has 6 nitrogen and oxygen atoms in total. The second-order valence-corrected chi connectivity index (χ2v) is 11.8. The first-order chi connectivity index (χ1) is 17.7. The molecular formula is C28H27F3N2O4S. The van der Waals surface area contributed by atoms with Crippen molar-refractivity contribution in [3.63, 3.8) is 0 Å². The van der Waals surface area contributed by atoms with Crippen LogP contribution in [0.1, 0.15) is 42.3 Å². The molecule has 0 saturated heterocycles. The number of rotatable bonds is 7. The van der Waals surface area contributed by atoms with E-state index in [1.807, 2.05) is 0 Å². The molecule has 1 N–H and O–H groups in total. The van der Waals surface area contributed by atoms with Crippen LogP contribution in [0.2, 0.25) is 0 Å². The average Bonchev–Trinajstić information content (AvgIpc) is 2.82. The normalized spacial score (nSPS) is 12.1. The van der Waals surface area contributed by atoms with Gasteiger partial charge in [0.2, 0.25) is 6.54 Å². The molecule has 0 aliphatic heterocycles. The van der Waals surface area contributed by atoms with Crippen LogP contribution in [-0.4, -0.2) is 27.2 Å². The van der Waals surface area contributed by atoms with Gasteiger partial charge in [-0.15, -0.1) is 0 Å². The molecule has 0 aromatic heterocycles. The summed E-state index contributed by atoms with van der Waals surface area (Å²) in [5.41, 5.74) is -0.432. The number of nitrogens with zero attached hydrogens (tertiary/aromatic N) is 1. The SMILES string of the molecule is [C-]#[N+]Cc1cc(NC(=O)c2ccc(S(=O)(=O)CC(C)(C)C)c(OC)c2)ccc1-c1ccccc1C(F)(F)F. The lowest BCUT2D eigenvalue weighted by molar-refractivity contribution is -0.137. The third-order valence-electron chi connectivity index (χ3n) is 5.52. The highest BCUT2D eigenvalue weighted by Gasteiger charge is 2.34. The van der Waals surface area contributed by atoms with E-state index < -0.39 is 32.9 Å². The Morgan fingerprint density at radius 1 is 1.00 bits per heavy atom. The minimum absolute atomic E-state index is 0.0229. The topological polar surface area (TPSA) is 76.8 Å². The number of amides is 1. The summed E-state index contributed by atoms with van der Waals surface area (Å²) in [5, 5.41) is 2.66. The Bertz CT molecular complexity index is 1500. The van der Waals surface area contributed by atoms with Gasteiger partial charge in [0.05, 0.1) is 18.4 Å². The summed E-state index contributed by atoms with van der Waals surface area (Å²) in [6, 6.07) is 13.4. The molecule has 0 aliphatic carbocycles. The summed E-state index contributed by atoms with van der Waals surface area (Å²) in [7, 11) is -2.38. The van der Waals surface area contributed by atoms with Gasteiger partial charge >= 0.3 is 6.18 Å². The number of carbonyl (C=O) groups excluding carboxylic acids is 1. The summed E-state index contributed by atoms with van der Waals surface area (Å²) < 4.78 is 71.7. The molecule has 0 bridgehead atoms. The molecule has 1 amide bonds. The Morgan fingerprint density at radius 3 is 2.29 bits per heavy atom. The van der Waals surface area contributed by atoms with Gasteiger partial charge in [-0.3, -0.25) is 4.79 Å². The van der Waals surface area contributed by atoms with E-state index in [1.54, 1.807) is 20.8 Å². The lowest BCUT2D eigenvalue weighted by Crippen LogP contribution is -2.21. The Labute approximate surface area is 220 Å². The zero-order valence-electron chi connectivity index (χ0n) is 21.3. The molecule has 0 radical (unpaired) electrons. The number of halogens is 3. The average molecular weight is 545 g/mol. The van der Waals surface area contributed by atoms with E-state index in [1.165, 1.54) is 61.7 Å². The molecule has 0 atom stereocenters. The van der Waals surface area contributed by atoms with Crippen LogP contribution in [0.5, 0.6) is 5.75 Å². The van der Waals surface area contributed by atoms with Crippen LogP contribution < -0.4 is 10.1 Å². The number of benzene rings is 3. The number of carbonyl (C=O) groups is 1. The fourth-order valence-corrected chi connectivity index (χ4v) is 6.05. The lowest BCUT2D eigenvalue weighted by Gasteiger charge is -2.19. The molecule has 0 saturated carbocycles. The maximum atomic E-state index is 13.6. The van der Waals surface area contributed by atoms with Gasteiger partial charge in [-0.2, -0.15) is 13.2 Å². The first-order valence-electron chi connectivity index (χ1n) is 11.5. The van der Waals surface area contributed by atoms with Gasteiger partial charge in [0.1, 0.15) is 10.6 Å². The second kappa shape index (κ2) is 10.9. The number of hydrogen-bond acceptors (Lipinski definition) is 4. The largest absolute Gasteiger partial charge is 0.495 e. The Morgan fingerprint density at radius 2 is 1.68 bits per heavy atom. The van der Waals surface area contributed by atoms with Crippen LogP contribution >= 0.6 is 0 Å². The van der Waals surface area contributed by atoms with Crippen LogP contribution in [0.4, 0.5) is 18.9 Å². The van der Waals surface area contributed by atoms with Crippen LogP contribution in [0.25, 0.3) is 16.0 Å². The third-order valence-corrected chi connectivity index (χ3v) is 7.77. The molecule has 3 aromatic carbocycles. The number of sulfone groups is 1. The third kappa shape index (κ3) is 6.72.